The van der Waals surface area contributed by atoms with Crippen molar-refractivity contribution in [3.8, 4) is 0 Å². The first-order valence-electron chi connectivity index (χ1n) is 9.81. The molecule has 0 N–H and O–H groups in total. The van der Waals surface area contributed by atoms with Gasteiger partial charge in [0.05, 0.1) is 10.2 Å². The summed E-state index contributed by atoms with van der Waals surface area (Å²) >= 11 is 4.03. The number of hydrogen-bond donors (Lipinski definition) is 0. The van der Waals surface area contributed by atoms with E-state index in [9.17, 15) is 4.79 Å². The van der Waals surface area contributed by atoms with Gasteiger partial charge in [-0.15, -0.1) is 23.5 Å². The smallest absolute Gasteiger partial charge is 0.192 e. The van der Waals surface area contributed by atoms with Crippen molar-refractivity contribution in [2.75, 3.05) is 11.5 Å². The molecule has 1 saturated heterocycles. The van der Waals surface area contributed by atoms with Gasteiger partial charge in [-0.3, -0.25) is 0 Å². The normalized spacial score (nSPS) is 19.1. The minimum absolute atomic E-state index is 0.00979. The molecule has 0 spiro atoms. The molecular formula is C22H34O2S2Si. The Morgan fingerprint density at radius 2 is 1.81 bits per heavy atom. The molecule has 150 valence electrons. The quantitative estimate of drug-likeness (QED) is 0.347. The van der Waals surface area contributed by atoms with E-state index in [4.69, 9.17) is 4.43 Å². The molecule has 2 nitrogen and oxygen atoms in total. The molecule has 1 aromatic carbocycles. The van der Waals surface area contributed by atoms with Crippen molar-refractivity contribution in [1.29, 1.82) is 0 Å². The molecule has 1 aromatic rings. The molecule has 0 aliphatic carbocycles. The highest BCUT2D eigenvalue weighted by molar-refractivity contribution is 8.19. The van der Waals surface area contributed by atoms with Crippen molar-refractivity contribution < 1.29 is 9.22 Å². The molecule has 0 unspecified atom stereocenters. The zero-order valence-electron chi connectivity index (χ0n) is 17.4. The van der Waals surface area contributed by atoms with Crippen molar-refractivity contribution in [2.45, 2.75) is 68.3 Å². The molecule has 27 heavy (non-hydrogen) atoms. The first-order chi connectivity index (χ1) is 12.7. The van der Waals surface area contributed by atoms with E-state index in [2.05, 4.69) is 70.3 Å². The van der Waals surface area contributed by atoms with Gasteiger partial charge >= 0.3 is 0 Å². The third kappa shape index (κ3) is 6.81. The maximum absolute atomic E-state index is 11.4. The first kappa shape index (κ1) is 22.8. The van der Waals surface area contributed by atoms with Crippen molar-refractivity contribution >= 4 is 44.2 Å². The molecule has 1 heterocycles. The van der Waals surface area contributed by atoms with E-state index in [-0.39, 0.29) is 15.2 Å². The van der Waals surface area contributed by atoms with E-state index < -0.39 is 8.32 Å². The van der Waals surface area contributed by atoms with Crippen LogP contribution in [0.25, 0.3) is 6.08 Å². The summed E-state index contributed by atoms with van der Waals surface area (Å²) in [5, 5.41) is 0.147. The van der Waals surface area contributed by atoms with Gasteiger partial charge in [-0.25, -0.2) is 0 Å². The summed E-state index contributed by atoms with van der Waals surface area (Å²) in [6.45, 7) is 11.3. The van der Waals surface area contributed by atoms with Crippen LogP contribution in [0.4, 0.5) is 0 Å². The maximum Gasteiger partial charge on any atom is 0.192 e. The van der Waals surface area contributed by atoms with Crippen LogP contribution < -0.4 is 0 Å². The third-order valence-electron chi connectivity index (χ3n) is 5.45. The van der Waals surface area contributed by atoms with E-state index in [1.54, 1.807) is 0 Å². The Bertz CT molecular complexity index is 617. The zero-order valence-corrected chi connectivity index (χ0v) is 20.0. The van der Waals surface area contributed by atoms with Crippen LogP contribution >= 0.6 is 23.5 Å². The van der Waals surface area contributed by atoms with Gasteiger partial charge in [-0.1, -0.05) is 63.3 Å². The van der Waals surface area contributed by atoms with Crippen LogP contribution in [-0.2, 0) is 9.22 Å². The van der Waals surface area contributed by atoms with Crippen LogP contribution in [0, 0.1) is 0 Å². The predicted octanol–water partition coefficient (Wildman–Crippen LogP) is 6.64. The van der Waals surface area contributed by atoms with Gasteiger partial charge in [0.15, 0.2) is 8.32 Å². The molecule has 5 heteroatoms. The second-order valence-electron chi connectivity index (χ2n) is 8.71. The lowest BCUT2D eigenvalue weighted by Gasteiger charge is -2.42. The summed E-state index contributed by atoms with van der Waals surface area (Å²) in [5.41, 5.74) is 1.22. The number of rotatable bonds is 8. The molecule has 1 aliphatic heterocycles. The van der Waals surface area contributed by atoms with Crippen molar-refractivity contribution in [3.05, 3.63) is 42.0 Å². The highest BCUT2D eigenvalue weighted by atomic mass is 32.2. The fourth-order valence-electron chi connectivity index (χ4n) is 2.85. The fraction of sp³-hybridized carbons (Fsp3) is 0.591. The van der Waals surface area contributed by atoms with Crippen LogP contribution in [-0.4, -0.2) is 36.3 Å². The molecule has 0 saturated carbocycles. The van der Waals surface area contributed by atoms with E-state index in [0.717, 1.165) is 12.7 Å². The SMILES string of the molecule is CC(C)(C)[Si](C)(C)O[C@@H](CC=O)CC1(/C=C/c2ccccc2)SCCCS1. The van der Waals surface area contributed by atoms with Gasteiger partial charge in [0.25, 0.3) is 0 Å². The highest BCUT2D eigenvalue weighted by Gasteiger charge is 2.41. The van der Waals surface area contributed by atoms with Gasteiger partial charge < -0.3 is 9.22 Å². The number of thioether (sulfide) groups is 2. The molecule has 1 aliphatic rings. The summed E-state index contributed by atoms with van der Waals surface area (Å²) in [7, 11) is -1.91. The monoisotopic (exact) mass is 422 g/mol. The number of aldehydes is 1. The Morgan fingerprint density at radius 1 is 1.19 bits per heavy atom. The van der Waals surface area contributed by atoms with Crippen LogP contribution in [0.5, 0.6) is 0 Å². The van der Waals surface area contributed by atoms with Gasteiger partial charge in [-0.05, 0) is 41.6 Å². The lowest BCUT2D eigenvalue weighted by Crippen LogP contribution is -2.45. The standard InChI is InChI=1S/C22H34O2S2Si/c1-21(2,3)27(4,5)24-20(13-15-23)18-22(25-16-9-17-26-22)14-12-19-10-7-6-8-11-19/h6-8,10-12,14-15,20H,9,13,16-18H2,1-5H3/b14-12+/t20-/m0/s1. The van der Waals surface area contributed by atoms with Crippen LogP contribution in [0.2, 0.25) is 18.1 Å². The molecule has 0 amide bonds. The topological polar surface area (TPSA) is 26.3 Å². The van der Waals surface area contributed by atoms with Crippen LogP contribution in [0.1, 0.15) is 45.6 Å². The van der Waals surface area contributed by atoms with Crippen LogP contribution in [0.15, 0.2) is 36.4 Å². The largest absolute Gasteiger partial charge is 0.413 e. The van der Waals surface area contributed by atoms with Crippen molar-refractivity contribution in [1.82, 2.24) is 0 Å². The van der Waals surface area contributed by atoms with Crippen LogP contribution in [0.3, 0.4) is 0 Å². The summed E-state index contributed by atoms with van der Waals surface area (Å²) in [6.07, 6.45) is 8.22. The number of benzene rings is 1. The van der Waals surface area contributed by atoms with E-state index in [1.165, 1.54) is 23.5 Å². The Balaban J connectivity index is 2.21. The number of hydrogen-bond acceptors (Lipinski definition) is 4. The molecular weight excluding hydrogens is 388 g/mol. The third-order valence-corrected chi connectivity index (χ3v) is 13.3. The summed E-state index contributed by atoms with van der Waals surface area (Å²) in [5.74, 6) is 2.33. The van der Waals surface area contributed by atoms with Gasteiger partial charge in [0, 0.05) is 12.8 Å². The number of carbonyl (C=O) groups is 1. The zero-order chi connectivity index (χ0) is 20.0. The molecule has 0 bridgehead atoms. The average Bonchev–Trinajstić information content (AvgIpc) is 2.61. The predicted molar refractivity (Wildman–Crippen MR) is 125 cm³/mol. The average molecular weight is 423 g/mol. The molecule has 1 fully saturated rings. The molecule has 0 radical (unpaired) electrons. The summed E-state index contributed by atoms with van der Waals surface area (Å²) < 4.78 is 6.66. The molecule has 1 atom stereocenters. The van der Waals surface area contributed by atoms with Gasteiger partial charge in [0.2, 0.25) is 0 Å². The Morgan fingerprint density at radius 3 is 2.37 bits per heavy atom. The second kappa shape index (κ2) is 9.81. The minimum atomic E-state index is -1.91. The van der Waals surface area contributed by atoms with E-state index in [1.807, 2.05) is 29.6 Å². The lowest BCUT2D eigenvalue weighted by atomic mass is 10.1. The maximum atomic E-state index is 11.4. The van der Waals surface area contributed by atoms with E-state index in [0.29, 0.717) is 6.42 Å². The molecule has 2 rings (SSSR count). The van der Waals surface area contributed by atoms with Gasteiger partial charge in [0.1, 0.15) is 6.29 Å². The summed E-state index contributed by atoms with van der Waals surface area (Å²) in [6, 6.07) is 10.5. The first-order valence-corrected chi connectivity index (χ1v) is 14.7. The van der Waals surface area contributed by atoms with Gasteiger partial charge in [-0.2, -0.15) is 0 Å². The minimum Gasteiger partial charge on any atom is -0.413 e. The Kier molecular flexibility index (Phi) is 8.29. The second-order valence-corrected chi connectivity index (χ2v) is 16.6. The lowest BCUT2D eigenvalue weighted by molar-refractivity contribution is -0.109. The van der Waals surface area contributed by atoms with Crippen molar-refractivity contribution in [2.24, 2.45) is 0 Å². The highest BCUT2D eigenvalue weighted by Crippen LogP contribution is 2.48. The molecule has 0 aromatic heterocycles. The number of carbonyl (C=O) groups excluding carboxylic acids is 1. The van der Waals surface area contributed by atoms with Crippen molar-refractivity contribution in [3.63, 3.8) is 0 Å². The van der Waals surface area contributed by atoms with E-state index >= 15 is 0 Å². The fourth-order valence-corrected chi connectivity index (χ4v) is 7.44. The Hall–Kier alpha value is -0.493. The summed E-state index contributed by atoms with van der Waals surface area (Å²) in [4.78, 5) is 11.4. The Labute approximate surface area is 175 Å².